The van der Waals surface area contributed by atoms with Gasteiger partial charge in [0.05, 0.1) is 0 Å². The zero-order chi connectivity index (χ0) is 20.3. The molecule has 0 bridgehead atoms. The van der Waals surface area contributed by atoms with Gasteiger partial charge in [0, 0.05) is 19.0 Å². The molecule has 0 unspecified atom stereocenters. The Morgan fingerprint density at radius 3 is 2.54 bits per heavy atom. The molecule has 1 atom stereocenters. The van der Waals surface area contributed by atoms with Crippen molar-refractivity contribution in [2.45, 2.75) is 38.3 Å². The van der Waals surface area contributed by atoms with Gasteiger partial charge in [-0.2, -0.15) is 30.9 Å². The van der Waals surface area contributed by atoms with Crippen molar-refractivity contribution in [3.8, 4) is 11.6 Å². The molecular formula is C16H18F3N5O3S. The number of hydrogen-bond donors (Lipinski definition) is 1. The zero-order valence-electron chi connectivity index (χ0n) is 14.9. The van der Waals surface area contributed by atoms with Crippen LogP contribution in [0.4, 0.5) is 13.2 Å². The Balaban J connectivity index is 1.53. The fourth-order valence-electron chi connectivity index (χ4n) is 3.83. The predicted molar refractivity (Wildman–Crippen MR) is 91.0 cm³/mol. The van der Waals surface area contributed by atoms with Gasteiger partial charge in [-0.15, -0.1) is 0 Å². The number of hydrogen-bond acceptors (Lipinski definition) is 6. The van der Waals surface area contributed by atoms with Crippen LogP contribution < -0.4 is 5.14 Å². The van der Waals surface area contributed by atoms with E-state index in [1.165, 1.54) is 10.4 Å². The molecule has 2 aromatic heterocycles. The lowest BCUT2D eigenvalue weighted by atomic mass is 9.92. The average molecular weight is 417 g/mol. The van der Waals surface area contributed by atoms with Crippen LogP contribution in [0.1, 0.15) is 42.3 Å². The lowest BCUT2D eigenvalue weighted by molar-refractivity contribution is -0.141. The van der Waals surface area contributed by atoms with Gasteiger partial charge in [-0.05, 0) is 43.2 Å². The Labute approximate surface area is 159 Å². The van der Waals surface area contributed by atoms with E-state index >= 15 is 0 Å². The van der Waals surface area contributed by atoms with Crippen molar-refractivity contribution in [2.75, 3.05) is 13.1 Å². The van der Waals surface area contributed by atoms with E-state index in [1.54, 1.807) is 6.92 Å². The lowest BCUT2D eigenvalue weighted by Crippen LogP contribution is -2.43. The van der Waals surface area contributed by atoms with Crippen LogP contribution in [0.3, 0.4) is 0 Å². The molecule has 2 aromatic rings. The van der Waals surface area contributed by atoms with Crippen LogP contribution in [0.2, 0.25) is 0 Å². The maximum absolute atomic E-state index is 12.9. The molecule has 1 aliphatic carbocycles. The summed E-state index contributed by atoms with van der Waals surface area (Å²) in [6, 6.07) is 2.22. The van der Waals surface area contributed by atoms with Gasteiger partial charge in [-0.25, -0.2) is 10.1 Å². The van der Waals surface area contributed by atoms with Crippen molar-refractivity contribution in [3.05, 3.63) is 29.2 Å². The first kappa shape index (κ1) is 19.3. The number of nitrogens with two attached hydrogens (primary N) is 1. The number of alkyl halides is 3. The second kappa shape index (κ2) is 6.22. The molecule has 1 spiro atoms. The first-order valence-electron chi connectivity index (χ1n) is 8.66. The SMILES string of the molecule is Cc1ccc(C(F)(F)F)nc1-c1nc([C@@H]2CC23CCN(S(N)(=O)=O)CC3)no1. The molecule has 0 amide bonds. The molecule has 2 N–H and O–H groups in total. The van der Waals surface area contributed by atoms with E-state index in [1.807, 2.05) is 0 Å². The maximum atomic E-state index is 12.9. The summed E-state index contributed by atoms with van der Waals surface area (Å²) in [6.45, 7) is 2.27. The van der Waals surface area contributed by atoms with Gasteiger partial charge in [-0.1, -0.05) is 11.2 Å². The van der Waals surface area contributed by atoms with Crippen LogP contribution in [0.5, 0.6) is 0 Å². The van der Waals surface area contributed by atoms with Crippen LogP contribution in [0.15, 0.2) is 16.7 Å². The number of halogens is 3. The highest BCUT2D eigenvalue weighted by molar-refractivity contribution is 7.86. The largest absolute Gasteiger partial charge is 0.433 e. The number of rotatable bonds is 3. The summed E-state index contributed by atoms with van der Waals surface area (Å²) >= 11 is 0. The van der Waals surface area contributed by atoms with Crippen LogP contribution >= 0.6 is 0 Å². The first-order chi connectivity index (χ1) is 13.0. The topological polar surface area (TPSA) is 115 Å². The summed E-state index contributed by atoms with van der Waals surface area (Å²) in [7, 11) is -3.70. The van der Waals surface area contributed by atoms with E-state index in [-0.39, 0.29) is 22.9 Å². The highest BCUT2D eigenvalue weighted by Gasteiger charge is 2.58. The normalized spacial score (nSPS) is 22.5. The lowest BCUT2D eigenvalue weighted by Gasteiger charge is -2.30. The monoisotopic (exact) mass is 417 g/mol. The summed E-state index contributed by atoms with van der Waals surface area (Å²) in [4.78, 5) is 7.92. The number of pyridine rings is 1. The first-order valence-corrected chi connectivity index (χ1v) is 10.2. The molecule has 2 fully saturated rings. The second-order valence-electron chi connectivity index (χ2n) is 7.38. The van der Waals surface area contributed by atoms with Crippen LogP contribution in [0.25, 0.3) is 11.6 Å². The van der Waals surface area contributed by atoms with Gasteiger partial charge < -0.3 is 4.52 Å². The van der Waals surface area contributed by atoms with E-state index in [0.717, 1.165) is 12.5 Å². The van der Waals surface area contributed by atoms with Crippen molar-refractivity contribution in [2.24, 2.45) is 10.6 Å². The van der Waals surface area contributed by atoms with Crippen molar-refractivity contribution in [1.82, 2.24) is 19.4 Å². The quantitative estimate of drug-likeness (QED) is 0.819. The van der Waals surface area contributed by atoms with E-state index in [2.05, 4.69) is 15.1 Å². The number of piperidine rings is 1. The molecule has 1 saturated heterocycles. The third-order valence-corrected chi connectivity index (χ3v) is 6.70. The minimum absolute atomic E-state index is 0.00678. The third-order valence-electron chi connectivity index (χ3n) is 5.61. The highest BCUT2D eigenvalue weighted by Crippen LogP contribution is 2.64. The minimum atomic E-state index is -4.57. The third kappa shape index (κ3) is 3.40. The number of aromatic nitrogens is 3. The van der Waals surface area contributed by atoms with Gasteiger partial charge >= 0.3 is 6.18 Å². The molecule has 3 heterocycles. The summed E-state index contributed by atoms with van der Waals surface area (Å²) < 4.78 is 68.1. The molecule has 4 rings (SSSR count). The van der Waals surface area contributed by atoms with Gasteiger partial charge in [0.1, 0.15) is 11.4 Å². The number of nitrogens with zero attached hydrogens (tertiary/aromatic N) is 4. The maximum Gasteiger partial charge on any atom is 0.433 e. The van der Waals surface area contributed by atoms with Crippen molar-refractivity contribution in [1.29, 1.82) is 0 Å². The molecule has 12 heteroatoms. The fourth-order valence-corrected chi connectivity index (χ4v) is 4.52. The summed E-state index contributed by atoms with van der Waals surface area (Å²) in [5, 5.41) is 9.10. The van der Waals surface area contributed by atoms with Crippen molar-refractivity contribution >= 4 is 10.2 Å². The Morgan fingerprint density at radius 1 is 1.25 bits per heavy atom. The van der Waals surface area contributed by atoms with Gasteiger partial charge in [-0.3, -0.25) is 0 Å². The molecule has 2 aliphatic rings. The van der Waals surface area contributed by atoms with E-state index in [0.29, 0.717) is 37.3 Å². The molecular weight excluding hydrogens is 399 g/mol. The van der Waals surface area contributed by atoms with Crippen molar-refractivity contribution in [3.63, 3.8) is 0 Å². The number of aryl methyl sites for hydroxylation is 1. The Kier molecular flexibility index (Phi) is 4.28. The second-order valence-corrected chi connectivity index (χ2v) is 8.93. The van der Waals surface area contributed by atoms with E-state index < -0.39 is 22.1 Å². The van der Waals surface area contributed by atoms with Gasteiger partial charge in [0.25, 0.3) is 16.1 Å². The Bertz CT molecular complexity index is 1010. The van der Waals surface area contributed by atoms with Crippen LogP contribution in [0, 0.1) is 12.3 Å². The van der Waals surface area contributed by atoms with Crippen LogP contribution in [-0.2, 0) is 16.4 Å². The summed E-state index contributed by atoms with van der Waals surface area (Å²) in [6.07, 6.45) is -2.54. The van der Waals surface area contributed by atoms with E-state index in [4.69, 9.17) is 9.66 Å². The zero-order valence-corrected chi connectivity index (χ0v) is 15.7. The standard InChI is InChI=1S/C16H18F3N5O3S/c1-9-2-3-11(16(17,18)19)21-12(9)14-22-13(23-27-14)10-8-15(10)4-6-24(7-5-15)28(20,25)26/h2-3,10H,4-8H2,1H3,(H2,20,25,26)/t10-/m0/s1. The minimum Gasteiger partial charge on any atom is -0.332 e. The summed E-state index contributed by atoms with van der Waals surface area (Å²) in [5.74, 6) is 0.346. The average Bonchev–Trinajstić information content (AvgIpc) is 3.07. The molecule has 8 nitrogen and oxygen atoms in total. The molecule has 152 valence electrons. The molecule has 0 aromatic carbocycles. The summed E-state index contributed by atoms with van der Waals surface area (Å²) in [5.41, 5.74) is -0.632. The fraction of sp³-hybridized carbons (Fsp3) is 0.562. The Morgan fingerprint density at radius 2 is 1.93 bits per heavy atom. The van der Waals surface area contributed by atoms with Gasteiger partial charge in [0.15, 0.2) is 5.82 Å². The molecule has 28 heavy (non-hydrogen) atoms. The highest BCUT2D eigenvalue weighted by atomic mass is 32.2. The molecule has 0 radical (unpaired) electrons. The Hall–Kier alpha value is -2.05. The van der Waals surface area contributed by atoms with Gasteiger partial charge in [0.2, 0.25) is 0 Å². The van der Waals surface area contributed by atoms with Crippen LogP contribution in [-0.4, -0.2) is 40.9 Å². The molecule has 1 aliphatic heterocycles. The smallest absolute Gasteiger partial charge is 0.332 e. The predicted octanol–water partition coefficient (Wildman–Crippen LogP) is 2.23. The van der Waals surface area contributed by atoms with Crippen molar-refractivity contribution < 1.29 is 26.1 Å². The molecule has 1 saturated carbocycles. The van der Waals surface area contributed by atoms with E-state index in [9.17, 15) is 21.6 Å².